The van der Waals surface area contributed by atoms with Crippen LogP contribution in [0.3, 0.4) is 0 Å². The van der Waals surface area contributed by atoms with Crippen molar-refractivity contribution in [2.24, 2.45) is 5.73 Å². The normalized spacial score (nSPS) is 11.5. The molecule has 0 aliphatic carbocycles. The molecule has 15 heavy (non-hydrogen) atoms. The molecule has 0 saturated carbocycles. The molecule has 0 unspecified atom stereocenters. The average molecular weight is 209 g/mol. The van der Waals surface area contributed by atoms with Gasteiger partial charge in [-0.1, -0.05) is 20.8 Å². The van der Waals surface area contributed by atoms with E-state index in [0.29, 0.717) is 12.4 Å². The van der Waals surface area contributed by atoms with Gasteiger partial charge in [-0.25, -0.2) is 4.98 Å². The van der Waals surface area contributed by atoms with Crippen LogP contribution >= 0.6 is 0 Å². The lowest BCUT2D eigenvalue weighted by atomic mass is 9.95. The topological polar surface area (TPSA) is 61.0 Å². The fraction of sp³-hybridized carbons (Fsp3) is 0.636. The number of hydrogen-bond donors (Lipinski definition) is 1. The van der Waals surface area contributed by atoms with Crippen molar-refractivity contribution in [2.75, 3.05) is 13.7 Å². The molecule has 0 saturated heterocycles. The predicted molar refractivity (Wildman–Crippen MR) is 60.0 cm³/mol. The summed E-state index contributed by atoms with van der Waals surface area (Å²) in [4.78, 5) is 8.80. The van der Waals surface area contributed by atoms with Gasteiger partial charge in [-0.2, -0.15) is 4.98 Å². The van der Waals surface area contributed by atoms with E-state index in [9.17, 15) is 0 Å². The van der Waals surface area contributed by atoms with Crippen molar-refractivity contribution < 1.29 is 4.74 Å². The van der Waals surface area contributed by atoms with Gasteiger partial charge in [0.15, 0.2) is 0 Å². The highest BCUT2D eigenvalue weighted by molar-refractivity contribution is 5.19. The Labute approximate surface area is 90.9 Å². The van der Waals surface area contributed by atoms with Crippen LogP contribution in [0.1, 0.15) is 32.3 Å². The maximum Gasteiger partial charge on any atom is 0.216 e. The summed E-state index contributed by atoms with van der Waals surface area (Å²) >= 11 is 0. The summed E-state index contributed by atoms with van der Waals surface area (Å²) in [6, 6.07) is 1.84. The average Bonchev–Trinajstić information content (AvgIpc) is 2.16. The molecule has 0 bridgehead atoms. The van der Waals surface area contributed by atoms with E-state index < -0.39 is 0 Å². The number of ether oxygens (including phenoxy) is 1. The van der Waals surface area contributed by atoms with Crippen LogP contribution < -0.4 is 10.5 Å². The molecule has 1 aromatic heterocycles. The van der Waals surface area contributed by atoms with Crippen LogP contribution in [0.5, 0.6) is 5.88 Å². The summed E-state index contributed by atoms with van der Waals surface area (Å²) in [7, 11) is 1.61. The third kappa shape index (κ3) is 3.16. The van der Waals surface area contributed by atoms with Gasteiger partial charge in [-0.15, -0.1) is 0 Å². The minimum absolute atomic E-state index is 0.0715. The van der Waals surface area contributed by atoms with E-state index >= 15 is 0 Å². The van der Waals surface area contributed by atoms with Crippen LogP contribution in [-0.4, -0.2) is 23.6 Å². The van der Waals surface area contributed by atoms with Crippen LogP contribution in [0.25, 0.3) is 0 Å². The van der Waals surface area contributed by atoms with Crippen LogP contribution in [0, 0.1) is 0 Å². The number of nitrogens with zero attached hydrogens (tertiary/aromatic N) is 2. The fourth-order valence-electron chi connectivity index (χ4n) is 1.19. The minimum Gasteiger partial charge on any atom is -0.481 e. The maximum atomic E-state index is 5.51. The highest BCUT2D eigenvalue weighted by Gasteiger charge is 2.19. The molecule has 0 amide bonds. The first-order valence-corrected chi connectivity index (χ1v) is 5.10. The van der Waals surface area contributed by atoms with Gasteiger partial charge in [0.1, 0.15) is 5.82 Å². The maximum absolute atomic E-state index is 5.51. The van der Waals surface area contributed by atoms with E-state index in [1.807, 2.05) is 6.07 Å². The number of methoxy groups -OCH3 is 1. The second kappa shape index (κ2) is 4.57. The van der Waals surface area contributed by atoms with Gasteiger partial charge in [0.25, 0.3) is 0 Å². The molecule has 1 heterocycles. The van der Waals surface area contributed by atoms with E-state index in [0.717, 1.165) is 17.9 Å². The summed E-state index contributed by atoms with van der Waals surface area (Å²) in [6.45, 7) is 6.82. The van der Waals surface area contributed by atoms with E-state index in [2.05, 4.69) is 30.7 Å². The Balaban J connectivity index is 3.11. The molecule has 0 aliphatic rings. The highest BCUT2D eigenvalue weighted by atomic mass is 16.5. The number of nitrogens with two attached hydrogens (primary N) is 1. The molecule has 0 aliphatic heterocycles. The van der Waals surface area contributed by atoms with E-state index in [-0.39, 0.29) is 5.41 Å². The third-order valence-corrected chi connectivity index (χ3v) is 2.04. The van der Waals surface area contributed by atoms with Gasteiger partial charge in [0.05, 0.1) is 7.11 Å². The summed E-state index contributed by atoms with van der Waals surface area (Å²) in [5.41, 5.74) is 6.38. The Morgan fingerprint density at radius 1 is 1.33 bits per heavy atom. The van der Waals surface area contributed by atoms with Gasteiger partial charge >= 0.3 is 0 Å². The van der Waals surface area contributed by atoms with Gasteiger partial charge in [0.2, 0.25) is 5.88 Å². The van der Waals surface area contributed by atoms with Crippen molar-refractivity contribution in [3.63, 3.8) is 0 Å². The Bertz CT molecular complexity index is 331. The Kier molecular flexibility index (Phi) is 3.63. The Hall–Kier alpha value is -1.16. The molecule has 2 N–H and O–H groups in total. The number of hydrogen-bond acceptors (Lipinski definition) is 4. The summed E-state index contributed by atoms with van der Waals surface area (Å²) in [6.07, 6.45) is 0.752. The summed E-state index contributed by atoms with van der Waals surface area (Å²) < 4.78 is 5.15. The largest absolute Gasteiger partial charge is 0.481 e. The number of aromatic nitrogens is 2. The van der Waals surface area contributed by atoms with Crippen molar-refractivity contribution in [3.8, 4) is 5.88 Å². The van der Waals surface area contributed by atoms with Gasteiger partial charge in [0, 0.05) is 23.6 Å². The lowest BCUT2D eigenvalue weighted by Crippen LogP contribution is -2.18. The molecule has 0 spiro atoms. The van der Waals surface area contributed by atoms with Crippen LogP contribution in [0.4, 0.5) is 0 Å². The Morgan fingerprint density at radius 3 is 2.47 bits per heavy atom. The first-order valence-electron chi connectivity index (χ1n) is 5.10. The quantitative estimate of drug-likeness (QED) is 0.814. The molecular weight excluding hydrogens is 190 g/mol. The van der Waals surface area contributed by atoms with Crippen molar-refractivity contribution >= 4 is 0 Å². The van der Waals surface area contributed by atoms with Crippen LogP contribution in [0.15, 0.2) is 6.07 Å². The zero-order valence-electron chi connectivity index (χ0n) is 9.87. The van der Waals surface area contributed by atoms with Crippen molar-refractivity contribution in [3.05, 3.63) is 17.6 Å². The minimum atomic E-state index is -0.0715. The van der Waals surface area contributed by atoms with E-state index in [1.54, 1.807) is 7.11 Å². The fourth-order valence-corrected chi connectivity index (χ4v) is 1.19. The van der Waals surface area contributed by atoms with Crippen molar-refractivity contribution in [2.45, 2.75) is 32.6 Å². The number of rotatable bonds is 3. The van der Waals surface area contributed by atoms with Gasteiger partial charge < -0.3 is 10.5 Å². The van der Waals surface area contributed by atoms with Crippen LogP contribution in [0.2, 0.25) is 0 Å². The van der Waals surface area contributed by atoms with Crippen LogP contribution in [-0.2, 0) is 11.8 Å². The summed E-state index contributed by atoms with van der Waals surface area (Å²) in [5.74, 6) is 1.41. The summed E-state index contributed by atoms with van der Waals surface area (Å²) in [5, 5.41) is 0. The van der Waals surface area contributed by atoms with E-state index in [1.165, 1.54) is 0 Å². The zero-order chi connectivity index (χ0) is 11.5. The highest BCUT2D eigenvalue weighted by Crippen LogP contribution is 2.21. The molecule has 84 valence electrons. The molecular formula is C11H19N3O. The predicted octanol–water partition coefficient (Wildman–Crippen LogP) is 1.28. The molecule has 4 heteroatoms. The van der Waals surface area contributed by atoms with Crippen molar-refractivity contribution in [1.82, 2.24) is 9.97 Å². The molecule has 1 rings (SSSR count). The second-order valence-electron chi connectivity index (χ2n) is 4.51. The first-order chi connectivity index (χ1) is 6.97. The molecule has 4 nitrogen and oxygen atoms in total. The SMILES string of the molecule is COc1cc(CCN)nc(C(C)(C)C)n1. The lowest BCUT2D eigenvalue weighted by molar-refractivity contribution is 0.387. The lowest BCUT2D eigenvalue weighted by Gasteiger charge is -2.18. The second-order valence-corrected chi connectivity index (χ2v) is 4.51. The van der Waals surface area contributed by atoms with E-state index in [4.69, 9.17) is 10.5 Å². The molecule has 0 radical (unpaired) electrons. The first kappa shape index (κ1) is 11.9. The van der Waals surface area contributed by atoms with Gasteiger partial charge in [-0.3, -0.25) is 0 Å². The molecule has 1 aromatic rings. The third-order valence-electron chi connectivity index (χ3n) is 2.04. The monoisotopic (exact) mass is 209 g/mol. The molecule has 0 atom stereocenters. The van der Waals surface area contributed by atoms with Crippen molar-refractivity contribution in [1.29, 1.82) is 0 Å². The molecule has 0 fully saturated rings. The standard InChI is InChI=1S/C11H19N3O/c1-11(2,3)10-13-8(5-6-12)7-9(14-10)15-4/h7H,5-6,12H2,1-4H3. The molecule has 0 aromatic carbocycles. The smallest absolute Gasteiger partial charge is 0.216 e. The zero-order valence-corrected chi connectivity index (χ0v) is 9.87. The Morgan fingerprint density at radius 2 is 2.00 bits per heavy atom. The van der Waals surface area contributed by atoms with Gasteiger partial charge in [-0.05, 0) is 6.54 Å².